The molecule has 4 heterocycles. The largest absolute Gasteiger partial charge is 0.333 e. The molecule has 3 amide bonds. The van der Waals surface area contributed by atoms with Crippen molar-refractivity contribution in [1.82, 2.24) is 15.1 Å². The van der Waals surface area contributed by atoms with Crippen molar-refractivity contribution in [2.45, 2.75) is 12.5 Å². The van der Waals surface area contributed by atoms with Crippen molar-refractivity contribution in [3.05, 3.63) is 68.7 Å². The van der Waals surface area contributed by atoms with Crippen LogP contribution < -0.4 is 5.32 Å². The molecule has 26 heavy (non-hydrogen) atoms. The Kier molecular flexibility index (Phi) is 4.65. The lowest BCUT2D eigenvalue weighted by Crippen LogP contribution is -2.47. The van der Waals surface area contributed by atoms with Gasteiger partial charge >= 0.3 is 6.03 Å². The predicted molar refractivity (Wildman–Crippen MR) is 104 cm³/mol. The molecule has 0 saturated heterocycles. The Morgan fingerprint density at radius 2 is 2.19 bits per heavy atom. The quantitative estimate of drug-likeness (QED) is 0.775. The Bertz CT molecular complexity index is 855. The number of urea groups is 1. The van der Waals surface area contributed by atoms with E-state index in [1.807, 2.05) is 33.2 Å². The van der Waals surface area contributed by atoms with Crippen LogP contribution >= 0.6 is 22.7 Å². The number of carbonyl (C=O) groups is 2. The third-order valence-corrected chi connectivity index (χ3v) is 6.33. The number of rotatable bonds is 6. The summed E-state index contributed by atoms with van der Waals surface area (Å²) < 4.78 is 0. The molecule has 1 unspecified atom stereocenters. The fourth-order valence-electron chi connectivity index (χ4n) is 3.44. The van der Waals surface area contributed by atoms with Crippen LogP contribution in [0.2, 0.25) is 0 Å². The normalized spacial score (nSPS) is 19.8. The highest BCUT2D eigenvalue weighted by Crippen LogP contribution is 2.36. The summed E-state index contributed by atoms with van der Waals surface area (Å²) in [4.78, 5) is 30.5. The van der Waals surface area contributed by atoms with E-state index >= 15 is 0 Å². The van der Waals surface area contributed by atoms with E-state index in [4.69, 9.17) is 0 Å². The number of amides is 3. The van der Waals surface area contributed by atoms with Crippen LogP contribution in [0.5, 0.6) is 0 Å². The van der Waals surface area contributed by atoms with Gasteiger partial charge in [-0.05, 0) is 40.3 Å². The fraction of sp³-hybridized carbons (Fsp3) is 0.263. The molecule has 0 bridgehead atoms. The van der Waals surface area contributed by atoms with Gasteiger partial charge in [-0.25, -0.2) is 4.79 Å². The molecular formula is C19H19N3O2S2. The van der Waals surface area contributed by atoms with Gasteiger partial charge in [-0.1, -0.05) is 12.1 Å². The molecule has 0 radical (unpaired) electrons. The van der Waals surface area contributed by atoms with E-state index in [1.54, 1.807) is 33.6 Å². The summed E-state index contributed by atoms with van der Waals surface area (Å²) in [6.07, 6.45) is 2.52. The first kappa shape index (κ1) is 17.1. The maximum absolute atomic E-state index is 13.1. The van der Waals surface area contributed by atoms with E-state index in [2.05, 4.69) is 18.0 Å². The lowest BCUT2D eigenvalue weighted by molar-refractivity contribution is -0.125. The van der Waals surface area contributed by atoms with Crippen LogP contribution in [0.1, 0.15) is 16.5 Å². The lowest BCUT2D eigenvalue weighted by atomic mass is 9.98. The average Bonchev–Trinajstić information content (AvgIpc) is 3.37. The first-order valence-corrected chi connectivity index (χ1v) is 10.3. The van der Waals surface area contributed by atoms with Gasteiger partial charge in [-0.2, -0.15) is 11.3 Å². The first-order chi connectivity index (χ1) is 12.7. The third-order valence-electron chi connectivity index (χ3n) is 4.69. The predicted octanol–water partition coefficient (Wildman–Crippen LogP) is 3.40. The maximum Gasteiger partial charge on any atom is 0.322 e. The van der Waals surface area contributed by atoms with Crippen LogP contribution in [0.15, 0.2) is 58.3 Å². The molecule has 0 spiro atoms. The lowest BCUT2D eigenvalue weighted by Gasteiger charge is -2.32. The smallest absolute Gasteiger partial charge is 0.322 e. The van der Waals surface area contributed by atoms with E-state index in [9.17, 15) is 9.59 Å². The summed E-state index contributed by atoms with van der Waals surface area (Å²) in [5, 5.41) is 8.99. The Labute approximate surface area is 160 Å². The van der Waals surface area contributed by atoms with Crippen molar-refractivity contribution in [3.8, 4) is 0 Å². The standard InChI is InChI=1S/C19H19N3O2S2/c1-2-7-22-15-11-21(8-5-14-4-3-9-26-14)18(23)16(15)17(20-19(22)24)13-6-10-25-12-13/h2-4,6,9-10,12,17H,1,5,7-8,11H2,(H,20,24). The van der Waals surface area contributed by atoms with Crippen molar-refractivity contribution in [2.24, 2.45) is 0 Å². The minimum Gasteiger partial charge on any atom is -0.333 e. The number of nitrogens with one attached hydrogen (secondary N) is 1. The van der Waals surface area contributed by atoms with Crippen molar-refractivity contribution in [1.29, 1.82) is 0 Å². The number of carbonyl (C=O) groups excluding carboxylic acids is 2. The highest BCUT2D eigenvalue weighted by Gasteiger charge is 2.43. The molecule has 2 aliphatic heterocycles. The van der Waals surface area contributed by atoms with Crippen molar-refractivity contribution < 1.29 is 9.59 Å². The van der Waals surface area contributed by atoms with E-state index in [0.29, 0.717) is 25.2 Å². The van der Waals surface area contributed by atoms with Crippen LogP contribution in [0, 0.1) is 0 Å². The second-order valence-electron chi connectivity index (χ2n) is 6.25. The molecule has 1 N–H and O–H groups in total. The molecule has 2 aromatic rings. The summed E-state index contributed by atoms with van der Waals surface area (Å²) in [6.45, 7) is 5.26. The van der Waals surface area contributed by atoms with E-state index in [-0.39, 0.29) is 18.0 Å². The molecule has 1 atom stereocenters. The van der Waals surface area contributed by atoms with E-state index < -0.39 is 0 Å². The summed E-state index contributed by atoms with van der Waals surface area (Å²) in [5.74, 6) is 0.0156. The van der Waals surface area contributed by atoms with Gasteiger partial charge in [-0.3, -0.25) is 9.69 Å². The summed E-state index contributed by atoms with van der Waals surface area (Å²) >= 11 is 3.26. The number of nitrogens with zero attached hydrogens (tertiary/aromatic N) is 2. The molecular weight excluding hydrogens is 366 g/mol. The molecule has 4 rings (SSSR count). The van der Waals surface area contributed by atoms with Gasteiger partial charge < -0.3 is 10.2 Å². The molecule has 5 nitrogen and oxygen atoms in total. The zero-order valence-electron chi connectivity index (χ0n) is 14.2. The van der Waals surface area contributed by atoms with Gasteiger partial charge in [-0.15, -0.1) is 17.9 Å². The van der Waals surface area contributed by atoms with Crippen LogP contribution in [-0.2, 0) is 11.2 Å². The first-order valence-electron chi connectivity index (χ1n) is 8.44. The van der Waals surface area contributed by atoms with Crippen LogP contribution in [-0.4, -0.2) is 41.4 Å². The molecule has 0 aromatic carbocycles. The van der Waals surface area contributed by atoms with Gasteiger partial charge in [0.15, 0.2) is 0 Å². The van der Waals surface area contributed by atoms with Crippen molar-refractivity contribution >= 4 is 34.6 Å². The van der Waals surface area contributed by atoms with Gasteiger partial charge in [0.2, 0.25) is 0 Å². The van der Waals surface area contributed by atoms with E-state index in [1.165, 1.54) is 4.88 Å². The van der Waals surface area contributed by atoms with Crippen molar-refractivity contribution in [3.63, 3.8) is 0 Å². The molecule has 0 saturated carbocycles. The topological polar surface area (TPSA) is 52.7 Å². The third kappa shape index (κ3) is 2.97. The maximum atomic E-state index is 13.1. The van der Waals surface area contributed by atoms with E-state index in [0.717, 1.165) is 17.7 Å². The minimum atomic E-state index is -0.371. The molecule has 2 aromatic heterocycles. The minimum absolute atomic E-state index is 0.0156. The van der Waals surface area contributed by atoms with Crippen molar-refractivity contribution in [2.75, 3.05) is 19.6 Å². The average molecular weight is 386 g/mol. The fourth-order valence-corrected chi connectivity index (χ4v) is 4.82. The molecule has 0 aliphatic carbocycles. The number of hydrogen-bond donors (Lipinski definition) is 1. The van der Waals surface area contributed by atoms with Crippen LogP contribution in [0.25, 0.3) is 0 Å². The van der Waals surface area contributed by atoms with Crippen LogP contribution in [0.4, 0.5) is 4.79 Å². The summed E-state index contributed by atoms with van der Waals surface area (Å²) in [6, 6.07) is 5.53. The summed E-state index contributed by atoms with van der Waals surface area (Å²) in [7, 11) is 0. The van der Waals surface area contributed by atoms with Gasteiger partial charge in [0.05, 0.1) is 23.9 Å². The molecule has 0 fully saturated rings. The number of thiophene rings is 2. The Morgan fingerprint density at radius 3 is 2.88 bits per heavy atom. The number of hydrogen-bond acceptors (Lipinski definition) is 4. The van der Waals surface area contributed by atoms with Crippen LogP contribution in [0.3, 0.4) is 0 Å². The molecule has 134 valence electrons. The second kappa shape index (κ2) is 7.09. The zero-order valence-corrected chi connectivity index (χ0v) is 15.8. The highest BCUT2D eigenvalue weighted by molar-refractivity contribution is 7.09. The van der Waals surface area contributed by atoms with Gasteiger partial charge in [0, 0.05) is 18.0 Å². The SMILES string of the molecule is C=CCN1C(=O)NC(c2ccsc2)C2=C1CN(CCc1cccs1)C2=O. The molecule has 7 heteroatoms. The Morgan fingerprint density at radius 1 is 1.31 bits per heavy atom. The molecule has 2 aliphatic rings. The second-order valence-corrected chi connectivity index (χ2v) is 8.07. The van der Waals surface area contributed by atoms with Gasteiger partial charge in [0.25, 0.3) is 5.91 Å². The summed E-state index contributed by atoms with van der Waals surface area (Å²) in [5.41, 5.74) is 2.46. The van der Waals surface area contributed by atoms with Gasteiger partial charge in [0.1, 0.15) is 0 Å². The monoisotopic (exact) mass is 385 g/mol. The zero-order chi connectivity index (χ0) is 18.1. The highest BCUT2D eigenvalue weighted by atomic mass is 32.1. The Hall–Kier alpha value is -2.38. The Balaban J connectivity index is 1.62.